The first-order valence-corrected chi connectivity index (χ1v) is 9.99. The highest BCUT2D eigenvalue weighted by atomic mass is 16.5. The van der Waals surface area contributed by atoms with Crippen LogP contribution in [0.15, 0.2) is 36.5 Å². The van der Waals surface area contributed by atoms with Crippen molar-refractivity contribution in [2.45, 2.75) is 32.7 Å². The number of amides is 3. The van der Waals surface area contributed by atoms with Crippen LogP contribution in [0.1, 0.15) is 34.3 Å². The maximum Gasteiger partial charge on any atom is 0.319 e. The molecule has 1 aliphatic rings. The van der Waals surface area contributed by atoms with Gasteiger partial charge in [-0.05, 0) is 62.1 Å². The van der Waals surface area contributed by atoms with E-state index in [-0.39, 0.29) is 17.6 Å². The van der Waals surface area contributed by atoms with Crippen molar-refractivity contribution in [1.82, 2.24) is 10.3 Å². The monoisotopic (exact) mass is 420 g/mol. The summed E-state index contributed by atoms with van der Waals surface area (Å²) in [5.41, 5.74) is 8.88. The van der Waals surface area contributed by atoms with Crippen LogP contribution in [0, 0.1) is 13.8 Å². The molecule has 160 valence electrons. The molecule has 1 aliphatic carbocycles. The minimum Gasteiger partial charge on any atom is -0.496 e. The van der Waals surface area contributed by atoms with E-state index < -0.39 is 5.91 Å². The summed E-state index contributed by atoms with van der Waals surface area (Å²) < 4.78 is 11.4. The molecule has 1 heterocycles. The van der Waals surface area contributed by atoms with Gasteiger partial charge in [0, 0.05) is 29.4 Å². The number of nitrogens with zero attached hydrogens (tertiary/aromatic N) is 1. The van der Waals surface area contributed by atoms with Gasteiger partial charge in [-0.25, -0.2) is 4.79 Å². The minimum atomic E-state index is -0.597. The molecule has 0 unspecified atom stereocenters. The lowest BCUT2D eigenvalue weighted by molar-refractivity contribution is 0.0997. The van der Waals surface area contributed by atoms with E-state index in [0.717, 1.165) is 29.7 Å². The Morgan fingerprint density at radius 1 is 1.06 bits per heavy atom. The van der Waals surface area contributed by atoms with Gasteiger partial charge < -0.3 is 25.8 Å². The third-order valence-electron chi connectivity index (χ3n) is 5.41. The number of anilines is 1. The molecule has 4 rings (SSSR count). The fourth-order valence-corrected chi connectivity index (χ4v) is 3.33. The van der Waals surface area contributed by atoms with Crippen LogP contribution in [-0.2, 0) is 0 Å². The molecule has 0 bridgehead atoms. The van der Waals surface area contributed by atoms with Gasteiger partial charge in [0.25, 0.3) is 5.91 Å². The second kappa shape index (κ2) is 8.14. The van der Waals surface area contributed by atoms with E-state index in [0.29, 0.717) is 28.2 Å². The first kappa shape index (κ1) is 20.5. The lowest BCUT2D eigenvalue weighted by Gasteiger charge is -2.16. The molecule has 8 heteroatoms. The number of urea groups is 1. The number of methoxy groups -OCH3 is 1. The SMILES string of the molecule is COc1cc2nccc(Oc3ccc(NC(=O)NC4CC4)c(C)c3C)c2cc1C(N)=O. The number of primary amides is 1. The van der Waals surface area contributed by atoms with Crippen LogP contribution in [0.3, 0.4) is 0 Å². The van der Waals surface area contributed by atoms with Crippen LogP contribution < -0.4 is 25.8 Å². The highest BCUT2D eigenvalue weighted by molar-refractivity contribution is 6.01. The lowest BCUT2D eigenvalue weighted by Crippen LogP contribution is -2.30. The van der Waals surface area contributed by atoms with E-state index in [1.165, 1.54) is 7.11 Å². The quantitative estimate of drug-likeness (QED) is 0.557. The molecule has 1 fully saturated rings. The van der Waals surface area contributed by atoms with Crippen LogP contribution in [0.2, 0.25) is 0 Å². The Hall–Kier alpha value is -3.81. The molecule has 4 N–H and O–H groups in total. The van der Waals surface area contributed by atoms with E-state index in [2.05, 4.69) is 15.6 Å². The van der Waals surface area contributed by atoms with Crippen molar-refractivity contribution in [2.75, 3.05) is 12.4 Å². The molecule has 2 aromatic carbocycles. The normalized spacial score (nSPS) is 13.0. The number of rotatable bonds is 6. The Balaban J connectivity index is 1.65. The number of ether oxygens (including phenoxy) is 2. The topological polar surface area (TPSA) is 116 Å². The highest BCUT2D eigenvalue weighted by Crippen LogP contribution is 2.36. The number of carbonyl (C=O) groups is 2. The molecule has 0 saturated heterocycles. The fourth-order valence-electron chi connectivity index (χ4n) is 3.33. The van der Waals surface area contributed by atoms with Crippen molar-refractivity contribution < 1.29 is 19.1 Å². The second-order valence-corrected chi connectivity index (χ2v) is 7.58. The maximum atomic E-state index is 12.1. The van der Waals surface area contributed by atoms with Gasteiger partial charge in [0.15, 0.2) is 0 Å². The zero-order valence-electron chi connectivity index (χ0n) is 17.6. The number of pyridine rings is 1. The van der Waals surface area contributed by atoms with Gasteiger partial charge in [0.05, 0.1) is 18.2 Å². The number of hydrogen-bond acceptors (Lipinski definition) is 5. The number of nitrogens with two attached hydrogens (primary N) is 1. The molecule has 0 atom stereocenters. The number of fused-ring (bicyclic) bond motifs is 1. The average molecular weight is 420 g/mol. The summed E-state index contributed by atoms with van der Waals surface area (Å²) in [6, 6.07) is 8.71. The first-order valence-electron chi connectivity index (χ1n) is 9.99. The van der Waals surface area contributed by atoms with Crippen LogP contribution in [-0.4, -0.2) is 30.1 Å². The summed E-state index contributed by atoms with van der Waals surface area (Å²) in [4.78, 5) is 28.3. The Morgan fingerprint density at radius 2 is 1.84 bits per heavy atom. The summed E-state index contributed by atoms with van der Waals surface area (Å²) in [6.07, 6.45) is 3.68. The van der Waals surface area contributed by atoms with Gasteiger partial charge in [-0.3, -0.25) is 9.78 Å². The van der Waals surface area contributed by atoms with E-state index >= 15 is 0 Å². The predicted octanol–water partition coefficient (Wildman–Crippen LogP) is 4.04. The summed E-state index contributed by atoms with van der Waals surface area (Å²) >= 11 is 0. The molecular formula is C23H24N4O4. The van der Waals surface area contributed by atoms with Crippen LogP contribution in [0.4, 0.5) is 10.5 Å². The molecular weight excluding hydrogens is 396 g/mol. The number of benzene rings is 2. The number of carbonyl (C=O) groups excluding carboxylic acids is 2. The van der Waals surface area contributed by atoms with Crippen LogP contribution in [0.25, 0.3) is 10.9 Å². The van der Waals surface area contributed by atoms with Gasteiger partial charge in [-0.1, -0.05) is 0 Å². The molecule has 0 aliphatic heterocycles. The zero-order chi connectivity index (χ0) is 22.1. The van der Waals surface area contributed by atoms with Gasteiger partial charge in [0.1, 0.15) is 17.2 Å². The van der Waals surface area contributed by atoms with E-state index in [1.54, 1.807) is 30.5 Å². The highest BCUT2D eigenvalue weighted by Gasteiger charge is 2.23. The van der Waals surface area contributed by atoms with Crippen molar-refractivity contribution in [3.8, 4) is 17.2 Å². The Morgan fingerprint density at radius 3 is 2.52 bits per heavy atom. The zero-order valence-corrected chi connectivity index (χ0v) is 17.6. The van der Waals surface area contributed by atoms with Gasteiger partial charge in [-0.2, -0.15) is 0 Å². The molecule has 8 nitrogen and oxygen atoms in total. The average Bonchev–Trinajstić information content (AvgIpc) is 3.56. The van der Waals surface area contributed by atoms with Gasteiger partial charge >= 0.3 is 6.03 Å². The van der Waals surface area contributed by atoms with Crippen molar-refractivity contribution in [2.24, 2.45) is 5.73 Å². The van der Waals surface area contributed by atoms with Gasteiger partial charge in [-0.15, -0.1) is 0 Å². The summed E-state index contributed by atoms with van der Waals surface area (Å²) in [5.74, 6) is 0.927. The molecule has 0 radical (unpaired) electrons. The molecule has 3 amide bonds. The fraction of sp³-hybridized carbons (Fsp3) is 0.261. The Labute approximate surface area is 179 Å². The van der Waals surface area contributed by atoms with E-state index in [4.69, 9.17) is 15.2 Å². The van der Waals surface area contributed by atoms with Crippen molar-refractivity contribution in [1.29, 1.82) is 0 Å². The third-order valence-corrected chi connectivity index (χ3v) is 5.41. The van der Waals surface area contributed by atoms with Crippen molar-refractivity contribution in [3.63, 3.8) is 0 Å². The Kier molecular flexibility index (Phi) is 5.37. The van der Waals surface area contributed by atoms with Gasteiger partial charge in [0.2, 0.25) is 0 Å². The lowest BCUT2D eigenvalue weighted by atomic mass is 10.1. The largest absolute Gasteiger partial charge is 0.496 e. The first-order chi connectivity index (χ1) is 14.9. The smallest absolute Gasteiger partial charge is 0.319 e. The molecule has 0 spiro atoms. The second-order valence-electron chi connectivity index (χ2n) is 7.58. The predicted molar refractivity (Wildman–Crippen MR) is 118 cm³/mol. The van der Waals surface area contributed by atoms with Crippen molar-refractivity contribution >= 4 is 28.5 Å². The molecule has 31 heavy (non-hydrogen) atoms. The summed E-state index contributed by atoms with van der Waals surface area (Å²) in [5, 5.41) is 6.44. The number of hydrogen-bond donors (Lipinski definition) is 3. The maximum absolute atomic E-state index is 12.1. The van der Waals surface area contributed by atoms with Crippen LogP contribution >= 0.6 is 0 Å². The third kappa shape index (κ3) is 4.23. The molecule has 1 saturated carbocycles. The van der Waals surface area contributed by atoms with E-state index in [1.807, 2.05) is 19.9 Å². The Bertz CT molecular complexity index is 1190. The molecule has 3 aromatic rings. The van der Waals surface area contributed by atoms with Crippen molar-refractivity contribution in [3.05, 3.63) is 53.2 Å². The van der Waals surface area contributed by atoms with Crippen LogP contribution in [0.5, 0.6) is 17.2 Å². The standard InChI is InChI=1S/C23H24N4O4/c1-12-13(2)19(7-6-17(12)27-23(29)26-14-4-5-14)31-20-8-9-25-18-11-21(30-3)16(22(24)28)10-15(18)20/h6-11,14H,4-5H2,1-3H3,(H2,24,28)(H2,26,27,29). The number of aromatic nitrogens is 1. The minimum absolute atomic E-state index is 0.202. The summed E-state index contributed by atoms with van der Waals surface area (Å²) in [6.45, 7) is 3.85. The number of nitrogens with one attached hydrogen (secondary N) is 2. The molecule has 1 aromatic heterocycles. The van der Waals surface area contributed by atoms with E-state index in [9.17, 15) is 9.59 Å². The summed E-state index contributed by atoms with van der Waals surface area (Å²) in [7, 11) is 1.47.